The van der Waals surface area contributed by atoms with Crippen molar-refractivity contribution in [3.63, 3.8) is 0 Å². The zero-order chi connectivity index (χ0) is 13.0. The number of pyridine rings is 2. The Morgan fingerprint density at radius 3 is 2.72 bits per heavy atom. The van der Waals surface area contributed by atoms with Gasteiger partial charge in [0.05, 0.1) is 24.2 Å². The minimum atomic E-state index is 0.603. The second kappa shape index (κ2) is 5.35. The summed E-state index contributed by atoms with van der Waals surface area (Å²) in [6.45, 7) is 4.47. The number of hydrogen-bond donors (Lipinski definition) is 2. The maximum Gasteiger partial charge on any atom is 0.213 e. The third-order valence-electron chi connectivity index (χ3n) is 2.35. The van der Waals surface area contributed by atoms with E-state index in [1.54, 1.807) is 18.5 Å². The molecule has 0 aliphatic carbocycles. The van der Waals surface area contributed by atoms with Gasteiger partial charge in [-0.1, -0.05) is 0 Å². The van der Waals surface area contributed by atoms with Crippen molar-refractivity contribution in [1.29, 1.82) is 0 Å². The summed E-state index contributed by atoms with van der Waals surface area (Å²) in [6.07, 6.45) is 3.45. The van der Waals surface area contributed by atoms with Crippen molar-refractivity contribution in [1.82, 2.24) is 9.97 Å². The molecule has 0 aromatic carbocycles. The monoisotopic (exact) mass is 244 g/mol. The first-order chi connectivity index (χ1) is 8.69. The number of hydrogen-bond acceptors (Lipinski definition) is 5. The summed E-state index contributed by atoms with van der Waals surface area (Å²) in [5, 5.41) is 3.11. The van der Waals surface area contributed by atoms with E-state index in [-0.39, 0.29) is 0 Å². The lowest BCUT2D eigenvalue weighted by molar-refractivity contribution is 0.327. The largest absolute Gasteiger partial charge is 0.478 e. The maximum atomic E-state index is 5.88. The SMILES string of the molecule is CCOc1ccc(Nc2ncc(C)cc2N)cn1. The molecule has 0 aliphatic rings. The molecule has 0 spiro atoms. The standard InChI is InChI=1S/C13H16N4O/c1-3-18-12-5-4-10(8-15-12)17-13-11(14)6-9(2)7-16-13/h4-8H,3,14H2,1-2H3,(H,16,17). The van der Waals surface area contributed by atoms with Gasteiger partial charge in [0.15, 0.2) is 5.82 Å². The Balaban J connectivity index is 2.13. The molecular weight excluding hydrogens is 228 g/mol. The van der Waals surface area contributed by atoms with Gasteiger partial charge in [-0.3, -0.25) is 0 Å². The highest BCUT2D eigenvalue weighted by atomic mass is 16.5. The topological polar surface area (TPSA) is 73.1 Å². The summed E-state index contributed by atoms with van der Waals surface area (Å²) >= 11 is 0. The van der Waals surface area contributed by atoms with Crippen LogP contribution >= 0.6 is 0 Å². The summed E-state index contributed by atoms with van der Waals surface area (Å²) in [7, 11) is 0. The normalized spacial score (nSPS) is 10.1. The lowest BCUT2D eigenvalue weighted by Crippen LogP contribution is -2.00. The Kier molecular flexibility index (Phi) is 3.62. The first-order valence-electron chi connectivity index (χ1n) is 5.77. The van der Waals surface area contributed by atoms with Gasteiger partial charge < -0.3 is 15.8 Å². The van der Waals surface area contributed by atoms with E-state index < -0.39 is 0 Å². The van der Waals surface area contributed by atoms with Crippen LogP contribution in [0, 0.1) is 6.92 Å². The molecular formula is C13H16N4O. The Bertz CT molecular complexity index is 525. The molecule has 0 aliphatic heterocycles. The van der Waals surface area contributed by atoms with E-state index in [0.717, 1.165) is 11.3 Å². The fourth-order valence-electron chi connectivity index (χ4n) is 1.52. The van der Waals surface area contributed by atoms with Gasteiger partial charge in [-0.25, -0.2) is 9.97 Å². The van der Waals surface area contributed by atoms with Crippen LogP contribution in [-0.2, 0) is 0 Å². The first-order valence-corrected chi connectivity index (χ1v) is 5.77. The molecule has 0 atom stereocenters. The van der Waals surface area contributed by atoms with Crippen LogP contribution in [0.3, 0.4) is 0 Å². The van der Waals surface area contributed by atoms with Gasteiger partial charge in [0, 0.05) is 12.3 Å². The molecule has 0 bridgehead atoms. The summed E-state index contributed by atoms with van der Waals surface area (Å²) in [5.74, 6) is 1.24. The van der Waals surface area contributed by atoms with Gasteiger partial charge in [0.2, 0.25) is 5.88 Å². The summed E-state index contributed by atoms with van der Waals surface area (Å²) in [6, 6.07) is 5.55. The lowest BCUT2D eigenvalue weighted by atomic mass is 10.3. The smallest absolute Gasteiger partial charge is 0.213 e. The molecule has 94 valence electrons. The molecule has 2 aromatic rings. The first kappa shape index (κ1) is 12.2. The molecule has 0 amide bonds. The third-order valence-corrected chi connectivity index (χ3v) is 2.35. The summed E-state index contributed by atoms with van der Waals surface area (Å²) in [4.78, 5) is 8.40. The van der Waals surface area contributed by atoms with Gasteiger partial charge >= 0.3 is 0 Å². The summed E-state index contributed by atoms with van der Waals surface area (Å²) in [5.41, 5.74) is 8.34. The molecule has 0 saturated carbocycles. The molecule has 0 fully saturated rings. The van der Waals surface area contributed by atoms with Crippen LogP contribution in [0.2, 0.25) is 0 Å². The van der Waals surface area contributed by atoms with E-state index in [9.17, 15) is 0 Å². The van der Waals surface area contributed by atoms with Crippen molar-refractivity contribution in [2.45, 2.75) is 13.8 Å². The van der Waals surface area contributed by atoms with Crippen LogP contribution in [-0.4, -0.2) is 16.6 Å². The van der Waals surface area contributed by atoms with Crippen LogP contribution in [0.5, 0.6) is 5.88 Å². The van der Waals surface area contributed by atoms with Gasteiger partial charge in [0.25, 0.3) is 0 Å². The van der Waals surface area contributed by atoms with Gasteiger partial charge in [-0.05, 0) is 31.5 Å². The van der Waals surface area contributed by atoms with Gasteiger partial charge in [0.1, 0.15) is 0 Å². The van der Waals surface area contributed by atoms with E-state index in [4.69, 9.17) is 10.5 Å². The molecule has 5 nitrogen and oxygen atoms in total. The number of nitrogens with two attached hydrogens (primary N) is 1. The van der Waals surface area contributed by atoms with E-state index in [1.807, 2.05) is 26.0 Å². The number of nitrogen functional groups attached to an aromatic ring is 1. The average molecular weight is 244 g/mol. The molecule has 2 heterocycles. The third kappa shape index (κ3) is 2.88. The van der Waals surface area contributed by atoms with Crippen LogP contribution in [0.1, 0.15) is 12.5 Å². The van der Waals surface area contributed by atoms with Crippen molar-refractivity contribution in [3.8, 4) is 5.88 Å². The number of rotatable bonds is 4. The Morgan fingerprint density at radius 2 is 2.11 bits per heavy atom. The molecule has 18 heavy (non-hydrogen) atoms. The van der Waals surface area contributed by atoms with Crippen LogP contribution in [0.15, 0.2) is 30.6 Å². The molecule has 2 rings (SSSR count). The van der Waals surface area contributed by atoms with Crippen molar-refractivity contribution >= 4 is 17.2 Å². The minimum absolute atomic E-state index is 0.603. The van der Waals surface area contributed by atoms with Gasteiger partial charge in [-0.2, -0.15) is 0 Å². The lowest BCUT2D eigenvalue weighted by Gasteiger charge is -2.09. The van der Waals surface area contributed by atoms with Crippen molar-refractivity contribution < 1.29 is 4.74 Å². The molecule has 0 radical (unpaired) electrons. The van der Waals surface area contributed by atoms with Crippen LogP contribution < -0.4 is 15.8 Å². The Hall–Kier alpha value is -2.30. The van der Waals surface area contributed by atoms with E-state index in [1.165, 1.54) is 0 Å². The van der Waals surface area contributed by atoms with E-state index >= 15 is 0 Å². The van der Waals surface area contributed by atoms with Crippen molar-refractivity contribution in [3.05, 3.63) is 36.2 Å². The Labute approximate surface area is 106 Å². The van der Waals surface area contributed by atoms with Crippen molar-refractivity contribution in [2.75, 3.05) is 17.7 Å². The highest BCUT2D eigenvalue weighted by Crippen LogP contribution is 2.21. The fraction of sp³-hybridized carbons (Fsp3) is 0.231. The predicted octanol–water partition coefficient (Wildman–Crippen LogP) is 2.51. The number of ether oxygens (including phenoxy) is 1. The quantitative estimate of drug-likeness (QED) is 0.864. The molecule has 2 aromatic heterocycles. The maximum absolute atomic E-state index is 5.88. The molecule has 0 unspecified atom stereocenters. The van der Waals surface area contributed by atoms with E-state index in [2.05, 4.69) is 15.3 Å². The number of nitrogens with zero attached hydrogens (tertiary/aromatic N) is 2. The molecule has 3 N–H and O–H groups in total. The minimum Gasteiger partial charge on any atom is -0.478 e. The number of nitrogens with one attached hydrogen (secondary N) is 1. The van der Waals surface area contributed by atoms with E-state index in [0.29, 0.717) is 24.0 Å². The second-order valence-electron chi connectivity index (χ2n) is 3.89. The average Bonchev–Trinajstić information content (AvgIpc) is 2.35. The summed E-state index contributed by atoms with van der Waals surface area (Å²) < 4.78 is 5.27. The number of aryl methyl sites for hydroxylation is 1. The zero-order valence-corrected chi connectivity index (χ0v) is 10.5. The zero-order valence-electron chi connectivity index (χ0n) is 10.5. The number of aromatic nitrogens is 2. The second-order valence-corrected chi connectivity index (χ2v) is 3.89. The van der Waals surface area contributed by atoms with Crippen molar-refractivity contribution in [2.24, 2.45) is 0 Å². The predicted molar refractivity (Wildman–Crippen MR) is 72.1 cm³/mol. The Morgan fingerprint density at radius 1 is 1.28 bits per heavy atom. The van der Waals surface area contributed by atoms with Crippen LogP contribution in [0.25, 0.3) is 0 Å². The highest BCUT2D eigenvalue weighted by molar-refractivity contribution is 5.68. The fourth-order valence-corrected chi connectivity index (χ4v) is 1.52. The number of anilines is 3. The highest BCUT2D eigenvalue weighted by Gasteiger charge is 2.02. The van der Waals surface area contributed by atoms with Crippen LogP contribution in [0.4, 0.5) is 17.2 Å². The molecule has 5 heteroatoms. The van der Waals surface area contributed by atoms with Gasteiger partial charge in [-0.15, -0.1) is 0 Å². The molecule has 0 saturated heterocycles.